The van der Waals surface area contributed by atoms with Gasteiger partial charge in [-0.2, -0.15) is 0 Å². The van der Waals surface area contributed by atoms with E-state index in [0.29, 0.717) is 28.7 Å². The van der Waals surface area contributed by atoms with Gasteiger partial charge in [-0.1, -0.05) is 120 Å². The van der Waals surface area contributed by atoms with Crippen LogP contribution >= 0.6 is 0 Å². The van der Waals surface area contributed by atoms with Crippen molar-refractivity contribution < 1.29 is 83.3 Å². The van der Waals surface area contributed by atoms with Crippen LogP contribution in [0.2, 0.25) is 0 Å². The minimum atomic E-state index is -1.92. The monoisotopic (exact) mass is 1390 g/mol. The number of carbonyl (C=O) groups is 10. The van der Waals surface area contributed by atoms with Crippen LogP contribution in [0, 0.1) is 24.7 Å². The van der Waals surface area contributed by atoms with E-state index >= 15 is 9.59 Å². The zero-order chi connectivity index (χ0) is 73.9. The van der Waals surface area contributed by atoms with Gasteiger partial charge in [0, 0.05) is 25.3 Å². The number of rotatable bonds is 21. The molecule has 4 aromatic rings. The van der Waals surface area contributed by atoms with E-state index in [2.05, 4.69) is 53.2 Å². The number of carbonyl (C=O) groups excluding carboxylic acids is 10. The quantitative estimate of drug-likeness (QED) is 0.0385. The molecule has 14 atom stereocenters. The minimum Gasteiger partial charge on any atom is -0.508 e. The second-order valence-corrected chi connectivity index (χ2v) is 26.4. The van der Waals surface area contributed by atoms with Crippen LogP contribution in [0.25, 0.3) is 6.08 Å². The van der Waals surface area contributed by atoms with Crippen LogP contribution in [0.5, 0.6) is 11.5 Å². The first-order valence-corrected chi connectivity index (χ1v) is 33.7. The molecule has 1 aliphatic rings. The van der Waals surface area contributed by atoms with Crippen molar-refractivity contribution in [2.45, 2.75) is 192 Å². The fourth-order valence-corrected chi connectivity index (χ4v) is 10.9. The second kappa shape index (κ2) is 40.1. The molecule has 5 rings (SSSR count). The van der Waals surface area contributed by atoms with Crippen LogP contribution in [0.15, 0.2) is 109 Å². The maximum absolute atomic E-state index is 15.1. The fourth-order valence-electron chi connectivity index (χ4n) is 10.9. The van der Waals surface area contributed by atoms with Gasteiger partial charge in [-0.15, -0.1) is 0 Å². The third-order valence-corrected chi connectivity index (χ3v) is 17.0. The molecule has 0 spiro atoms. The molecule has 10 amide bonds. The van der Waals surface area contributed by atoms with Crippen molar-refractivity contribution in [3.63, 3.8) is 0 Å². The number of phenolic OH excluding ortho intramolecular Hbond substituents is 2. The van der Waals surface area contributed by atoms with Gasteiger partial charge in [-0.3, -0.25) is 47.9 Å². The summed E-state index contributed by atoms with van der Waals surface area (Å²) >= 11 is 0. The summed E-state index contributed by atoms with van der Waals surface area (Å²) in [5, 5.41) is 91.6. The number of hydrogen-bond acceptors (Lipinski definition) is 18. The number of benzene rings is 4. The van der Waals surface area contributed by atoms with E-state index in [4.69, 9.17) is 10.5 Å². The predicted molar refractivity (Wildman–Crippen MR) is 372 cm³/mol. The fraction of sp³-hybridized carbons (Fsp3) is 0.500. The lowest BCUT2D eigenvalue weighted by Crippen LogP contribution is -2.64. The number of aliphatic hydroxyl groups excluding tert-OH is 4. The highest BCUT2D eigenvalue weighted by Crippen LogP contribution is 2.19. The van der Waals surface area contributed by atoms with Gasteiger partial charge in [0.15, 0.2) is 0 Å². The average molecular weight is 1390 g/mol. The van der Waals surface area contributed by atoms with Gasteiger partial charge in [0.25, 0.3) is 0 Å². The van der Waals surface area contributed by atoms with Gasteiger partial charge < -0.3 is 94.3 Å². The summed E-state index contributed by atoms with van der Waals surface area (Å²) in [4.78, 5) is 147. The predicted octanol–water partition coefficient (Wildman–Crippen LogP) is -0.00378. The number of aromatic hydroxyl groups is 2. The molecule has 28 nitrogen and oxygen atoms in total. The zero-order valence-electron chi connectivity index (χ0n) is 58.1. The van der Waals surface area contributed by atoms with Crippen molar-refractivity contribution >= 4 is 65.1 Å². The normalized spacial score (nSPS) is 24.4. The standard InChI is InChI=1S/C72H101N11O17/c1-39(2)33-52-65(92)76-53(35-46-22-27-49(86)28-23-46)66(93)74-51(21-15-16-32-73)64(91)83-61(63(90)41(5)6)72(99)79-56(37-84)69(96)77-55(36-47-24-29-50(87)30-25-47)68(95)82-59(43(8)85)70(97)80-57(62(89)40(3)4)38-100-44(9)60(81-58(88)31-26-48-20-14-13-17-42(48)7)71(98)78-54(67(94)75-52)34-45-18-11-10-12-19-45/h10-14,17-20,22-31,39-41,43-44,51-57,59-63,84-87,89-90H,15-16,21,32-38,73H2,1-9H3,(H,74,93)(H,75,94)(H,76,92)(H,77,96)(H,78,98)(H,79,99)(H,80,97)(H,81,88)(H,82,95)(H,83,91)/b31-26+/t43-,44-,51-,52+,53-,54-,55+,56+,57-,59-,60-,61+,62?,63+/m1/s1. The Labute approximate surface area is 583 Å². The van der Waals surface area contributed by atoms with Gasteiger partial charge in [0.2, 0.25) is 59.1 Å². The third-order valence-electron chi connectivity index (χ3n) is 17.0. The van der Waals surface area contributed by atoms with Crippen LogP contribution in [-0.2, 0) is 71.9 Å². The van der Waals surface area contributed by atoms with E-state index in [1.165, 1.54) is 88.4 Å². The average Bonchev–Trinajstić information content (AvgIpc) is 0.857. The summed E-state index contributed by atoms with van der Waals surface area (Å²) in [6, 6.07) is 10.4. The number of aliphatic hydroxyl groups is 4. The van der Waals surface area contributed by atoms with Crippen molar-refractivity contribution in [2.24, 2.45) is 23.5 Å². The van der Waals surface area contributed by atoms with E-state index in [9.17, 15) is 69.0 Å². The molecule has 0 aliphatic carbocycles. The van der Waals surface area contributed by atoms with Crippen LogP contribution in [-0.4, -0.2) is 194 Å². The molecular weight excluding hydrogens is 1290 g/mol. The highest BCUT2D eigenvalue weighted by Gasteiger charge is 2.40. The second-order valence-electron chi connectivity index (χ2n) is 26.4. The van der Waals surface area contributed by atoms with Crippen molar-refractivity contribution in [1.29, 1.82) is 0 Å². The molecule has 18 N–H and O–H groups in total. The summed E-state index contributed by atoms with van der Waals surface area (Å²) in [6.45, 7) is 12.7. The van der Waals surface area contributed by atoms with Crippen LogP contribution in [0.4, 0.5) is 0 Å². The summed E-state index contributed by atoms with van der Waals surface area (Å²) in [5.41, 5.74) is 8.66. The third kappa shape index (κ3) is 25.8. The first-order valence-electron chi connectivity index (χ1n) is 33.7. The molecule has 1 fully saturated rings. The van der Waals surface area contributed by atoms with Crippen LogP contribution in [0.3, 0.4) is 0 Å². The van der Waals surface area contributed by atoms with E-state index in [1.807, 2.05) is 19.1 Å². The number of amides is 10. The highest BCUT2D eigenvalue weighted by atomic mass is 16.5. The lowest BCUT2D eigenvalue weighted by atomic mass is 9.97. The molecule has 1 saturated heterocycles. The molecule has 0 bridgehead atoms. The van der Waals surface area contributed by atoms with Gasteiger partial charge in [-0.05, 0) is 129 Å². The number of ether oxygens (including phenoxy) is 1. The van der Waals surface area contributed by atoms with Gasteiger partial charge in [-0.25, -0.2) is 0 Å². The Kier molecular flexibility index (Phi) is 32.6. The lowest BCUT2D eigenvalue weighted by molar-refractivity contribution is -0.138. The smallest absolute Gasteiger partial charge is 0.246 e. The summed E-state index contributed by atoms with van der Waals surface area (Å²) < 4.78 is 6.30. The molecule has 100 heavy (non-hydrogen) atoms. The van der Waals surface area contributed by atoms with Crippen LogP contribution in [0.1, 0.15) is 109 Å². The Balaban J connectivity index is 1.69. The molecule has 0 saturated carbocycles. The van der Waals surface area contributed by atoms with Gasteiger partial charge in [0.1, 0.15) is 65.9 Å². The van der Waals surface area contributed by atoms with Gasteiger partial charge >= 0.3 is 0 Å². The zero-order valence-corrected chi connectivity index (χ0v) is 58.1. The van der Waals surface area contributed by atoms with E-state index in [-0.39, 0.29) is 62.5 Å². The Hall–Kier alpha value is -9.32. The molecule has 1 heterocycles. The number of aryl methyl sites for hydroxylation is 1. The van der Waals surface area contributed by atoms with E-state index < -0.39 is 169 Å². The Morgan fingerprint density at radius 2 is 0.970 bits per heavy atom. The number of phenols is 2. The molecule has 1 unspecified atom stereocenters. The Morgan fingerprint density at radius 3 is 1.48 bits per heavy atom. The van der Waals surface area contributed by atoms with E-state index in [0.717, 1.165) is 5.56 Å². The molecule has 546 valence electrons. The van der Waals surface area contributed by atoms with Crippen LogP contribution < -0.4 is 58.9 Å². The van der Waals surface area contributed by atoms with Crippen molar-refractivity contribution in [1.82, 2.24) is 53.2 Å². The molecule has 1 aliphatic heterocycles. The number of nitrogens with one attached hydrogen (secondary N) is 10. The molecule has 4 aromatic carbocycles. The number of hydrogen-bond donors (Lipinski definition) is 17. The summed E-state index contributed by atoms with van der Waals surface area (Å²) in [6.07, 6.45) is -3.89. The summed E-state index contributed by atoms with van der Waals surface area (Å²) in [7, 11) is 0. The van der Waals surface area contributed by atoms with Crippen molar-refractivity contribution in [2.75, 3.05) is 19.8 Å². The first-order chi connectivity index (χ1) is 47.4. The number of nitrogens with two attached hydrogens (primary N) is 1. The largest absolute Gasteiger partial charge is 0.508 e. The van der Waals surface area contributed by atoms with Crippen molar-refractivity contribution in [3.8, 4) is 11.5 Å². The minimum absolute atomic E-state index is 0.0386. The van der Waals surface area contributed by atoms with Gasteiger partial charge in [0.05, 0.1) is 43.7 Å². The number of unbranched alkanes of at least 4 members (excludes halogenated alkanes) is 1. The molecule has 0 aromatic heterocycles. The maximum Gasteiger partial charge on any atom is 0.246 e. The van der Waals surface area contributed by atoms with Crippen molar-refractivity contribution in [3.05, 3.63) is 137 Å². The Morgan fingerprint density at radius 1 is 0.530 bits per heavy atom. The topological polar surface area (TPSA) is 448 Å². The lowest BCUT2D eigenvalue weighted by Gasteiger charge is -2.32. The van der Waals surface area contributed by atoms with E-state index in [1.54, 1.807) is 70.2 Å². The molecule has 0 radical (unpaired) electrons. The molecule has 28 heteroatoms. The highest BCUT2D eigenvalue weighted by molar-refractivity contribution is 6.00. The molecular formula is C72H101N11O17. The SMILES string of the molecule is Cc1ccccc1/C=C/C(=O)N[C@H]1C(=O)N[C@H](Cc2ccccc2)C(=O)N[C@@H](CC(C)C)C(=O)N[C@H](Cc2ccc(O)cc2)C(=O)N[C@H](CCCCN)C(=O)N[C@@H]([C@@H](O)C(C)C)C(=O)N[C@@H](CO)C(=O)N[C@@H](Cc2ccc(O)cc2)C(=O)N[C@H]([C@@H](C)O)C(=O)N[C@@H](C(O)C(C)C)CO[C@@H]1C. The summed E-state index contributed by atoms with van der Waals surface area (Å²) in [5.74, 6) is -12.0. The Bertz CT molecular complexity index is 3390. The first kappa shape index (κ1) is 81.4. The maximum atomic E-state index is 15.1.